The summed E-state index contributed by atoms with van der Waals surface area (Å²) in [4.78, 5) is 28.2. The molecule has 0 aliphatic heterocycles. The van der Waals surface area contributed by atoms with Gasteiger partial charge in [-0.25, -0.2) is 4.79 Å². The van der Waals surface area contributed by atoms with E-state index in [1.54, 1.807) is 0 Å². The van der Waals surface area contributed by atoms with Crippen LogP contribution in [0.5, 0.6) is 0 Å². The summed E-state index contributed by atoms with van der Waals surface area (Å²) in [5, 5.41) is 5.87. The molecule has 1 saturated carbocycles. The normalized spacial score (nSPS) is 13.3. The molecule has 1 aromatic rings. The molecule has 1 aromatic carbocycles. The Bertz CT molecular complexity index is 611. The number of hydrogen-bond donors (Lipinski definition) is 2. The van der Waals surface area contributed by atoms with Gasteiger partial charge in [0.25, 0.3) is 0 Å². The fourth-order valence-corrected chi connectivity index (χ4v) is 2.81. The zero-order valence-corrected chi connectivity index (χ0v) is 15.8. The van der Waals surface area contributed by atoms with Crippen LogP contribution >= 0.6 is 0 Å². The van der Waals surface area contributed by atoms with E-state index in [-0.39, 0.29) is 17.9 Å². The predicted molar refractivity (Wildman–Crippen MR) is 102 cm³/mol. The van der Waals surface area contributed by atoms with Gasteiger partial charge in [0.05, 0.1) is 0 Å². The highest BCUT2D eigenvalue weighted by molar-refractivity contribution is 5.94. The Labute approximate surface area is 150 Å². The molecule has 0 aromatic heterocycles. The van der Waals surface area contributed by atoms with Crippen molar-refractivity contribution in [2.45, 2.75) is 39.7 Å². The second-order valence-electron chi connectivity index (χ2n) is 6.76. The van der Waals surface area contributed by atoms with Gasteiger partial charge < -0.3 is 20.4 Å². The molecule has 2 rings (SSSR count). The molecule has 0 saturated heterocycles. The Kier molecular flexibility index (Phi) is 6.67. The molecule has 0 spiro atoms. The van der Waals surface area contributed by atoms with E-state index in [0.717, 1.165) is 36.2 Å². The van der Waals surface area contributed by atoms with E-state index in [9.17, 15) is 9.59 Å². The van der Waals surface area contributed by atoms with E-state index < -0.39 is 0 Å². The summed E-state index contributed by atoms with van der Waals surface area (Å²) in [7, 11) is 3.97. The monoisotopic (exact) mass is 346 g/mol. The largest absolute Gasteiger partial charge is 0.377 e. The summed E-state index contributed by atoms with van der Waals surface area (Å²) in [5.74, 6) is 0.265. The van der Waals surface area contributed by atoms with Gasteiger partial charge >= 0.3 is 6.03 Å². The van der Waals surface area contributed by atoms with Crippen LogP contribution in [0.1, 0.15) is 38.7 Å². The van der Waals surface area contributed by atoms with Crippen LogP contribution in [0, 0.1) is 5.92 Å². The highest BCUT2D eigenvalue weighted by Gasteiger charge is 2.29. The highest BCUT2D eigenvalue weighted by Crippen LogP contribution is 2.31. The van der Waals surface area contributed by atoms with Crippen LogP contribution in [0.2, 0.25) is 0 Å². The molecule has 25 heavy (non-hydrogen) atoms. The highest BCUT2D eigenvalue weighted by atomic mass is 16.2. The Hall–Kier alpha value is -2.24. The second kappa shape index (κ2) is 8.74. The summed E-state index contributed by atoms with van der Waals surface area (Å²) < 4.78 is 0. The number of nitrogens with zero attached hydrogens (tertiary/aromatic N) is 2. The zero-order chi connectivity index (χ0) is 18.4. The third-order valence-electron chi connectivity index (χ3n) is 4.25. The minimum atomic E-state index is -0.0542. The van der Waals surface area contributed by atoms with Crippen molar-refractivity contribution in [1.82, 2.24) is 10.2 Å². The van der Waals surface area contributed by atoms with Crippen LogP contribution in [0.3, 0.4) is 0 Å². The standard InChI is InChI=1S/C19H30N4O2/c1-5-11-23(19(25)20-6-2)13-15-12-16(9-10-17(15)22(3)4)21-18(24)14-7-8-14/h9-10,12,14H,5-8,11,13H2,1-4H3,(H,20,25)(H,21,24). The Morgan fingerprint density at radius 2 is 1.92 bits per heavy atom. The Morgan fingerprint density at radius 1 is 1.20 bits per heavy atom. The van der Waals surface area contributed by atoms with Gasteiger partial charge in [0.1, 0.15) is 0 Å². The molecular formula is C19H30N4O2. The first-order valence-electron chi connectivity index (χ1n) is 9.10. The smallest absolute Gasteiger partial charge is 0.317 e. The average Bonchev–Trinajstić information content (AvgIpc) is 3.39. The minimum absolute atomic E-state index is 0.0542. The van der Waals surface area contributed by atoms with E-state index in [0.29, 0.717) is 19.6 Å². The van der Waals surface area contributed by atoms with Gasteiger partial charge in [0.2, 0.25) is 5.91 Å². The van der Waals surface area contributed by atoms with Crippen molar-refractivity contribution >= 4 is 23.3 Å². The molecule has 138 valence electrons. The number of amides is 3. The van der Waals surface area contributed by atoms with Crippen molar-refractivity contribution < 1.29 is 9.59 Å². The molecule has 0 bridgehead atoms. The van der Waals surface area contributed by atoms with Crippen molar-refractivity contribution in [3.63, 3.8) is 0 Å². The topological polar surface area (TPSA) is 64.7 Å². The third kappa shape index (κ3) is 5.37. The van der Waals surface area contributed by atoms with Crippen LogP contribution in [0.15, 0.2) is 18.2 Å². The first-order valence-corrected chi connectivity index (χ1v) is 9.10. The van der Waals surface area contributed by atoms with Crippen LogP contribution < -0.4 is 15.5 Å². The quantitative estimate of drug-likeness (QED) is 0.760. The van der Waals surface area contributed by atoms with Crippen LogP contribution in [-0.4, -0.2) is 44.0 Å². The third-order valence-corrected chi connectivity index (χ3v) is 4.25. The van der Waals surface area contributed by atoms with Gasteiger partial charge in [-0.15, -0.1) is 0 Å². The van der Waals surface area contributed by atoms with Crippen molar-refractivity contribution in [3.05, 3.63) is 23.8 Å². The molecule has 6 nitrogen and oxygen atoms in total. The second-order valence-corrected chi connectivity index (χ2v) is 6.76. The molecule has 0 radical (unpaired) electrons. The SMILES string of the molecule is CCCN(Cc1cc(NC(=O)C2CC2)ccc1N(C)C)C(=O)NCC. The number of hydrogen-bond acceptors (Lipinski definition) is 3. The maximum Gasteiger partial charge on any atom is 0.317 e. The van der Waals surface area contributed by atoms with Gasteiger partial charge in [-0.1, -0.05) is 6.92 Å². The Morgan fingerprint density at radius 3 is 2.48 bits per heavy atom. The molecule has 1 aliphatic carbocycles. The molecule has 1 aliphatic rings. The molecule has 1 fully saturated rings. The molecule has 0 unspecified atom stereocenters. The number of rotatable bonds is 8. The summed E-state index contributed by atoms with van der Waals surface area (Å²) in [5.41, 5.74) is 2.87. The molecule has 3 amide bonds. The van der Waals surface area contributed by atoms with Crippen molar-refractivity contribution in [2.24, 2.45) is 5.92 Å². The first kappa shape index (κ1) is 19.1. The maximum atomic E-state index is 12.3. The van der Waals surface area contributed by atoms with Crippen molar-refractivity contribution in [3.8, 4) is 0 Å². The van der Waals surface area contributed by atoms with Gasteiger partial charge in [-0.05, 0) is 49.9 Å². The van der Waals surface area contributed by atoms with E-state index in [4.69, 9.17) is 0 Å². The average molecular weight is 346 g/mol. The molecule has 6 heteroatoms. The molecule has 0 heterocycles. The summed E-state index contributed by atoms with van der Waals surface area (Å²) >= 11 is 0. The lowest BCUT2D eigenvalue weighted by Gasteiger charge is -2.26. The predicted octanol–water partition coefficient (Wildman–Crippen LogP) is 3.04. The number of urea groups is 1. The van der Waals surface area contributed by atoms with Gasteiger partial charge in [0.15, 0.2) is 0 Å². The van der Waals surface area contributed by atoms with Gasteiger partial charge in [-0.3, -0.25) is 4.79 Å². The van der Waals surface area contributed by atoms with Crippen molar-refractivity contribution in [1.29, 1.82) is 0 Å². The van der Waals surface area contributed by atoms with Gasteiger partial charge in [-0.2, -0.15) is 0 Å². The van der Waals surface area contributed by atoms with Gasteiger partial charge in [0, 0.05) is 51.0 Å². The fraction of sp³-hybridized carbons (Fsp3) is 0.579. The summed E-state index contributed by atoms with van der Waals surface area (Å²) in [6.45, 7) is 5.79. The number of carbonyl (C=O) groups excluding carboxylic acids is 2. The number of nitrogens with one attached hydrogen (secondary N) is 2. The van der Waals surface area contributed by atoms with Crippen molar-refractivity contribution in [2.75, 3.05) is 37.4 Å². The lowest BCUT2D eigenvalue weighted by Crippen LogP contribution is -2.40. The van der Waals surface area contributed by atoms with Crippen LogP contribution in [-0.2, 0) is 11.3 Å². The maximum absolute atomic E-state index is 12.3. The van der Waals surface area contributed by atoms with E-state index >= 15 is 0 Å². The van der Waals surface area contributed by atoms with E-state index in [1.807, 2.05) is 49.0 Å². The minimum Gasteiger partial charge on any atom is -0.377 e. The summed E-state index contributed by atoms with van der Waals surface area (Å²) in [6.07, 6.45) is 2.86. The van der Waals surface area contributed by atoms with Crippen LogP contribution in [0.4, 0.5) is 16.2 Å². The fourth-order valence-electron chi connectivity index (χ4n) is 2.81. The number of anilines is 2. The molecular weight excluding hydrogens is 316 g/mol. The first-order chi connectivity index (χ1) is 12.0. The number of carbonyl (C=O) groups is 2. The van der Waals surface area contributed by atoms with E-state index in [2.05, 4.69) is 17.6 Å². The molecule has 0 atom stereocenters. The lowest BCUT2D eigenvalue weighted by molar-refractivity contribution is -0.117. The number of benzene rings is 1. The summed E-state index contributed by atoms with van der Waals surface area (Å²) in [6, 6.07) is 5.86. The Balaban J connectivity index is 2.21. The lowest BCUT2D eigenvalue weighted by atomic mass is 10.1. The molecule has 2 N–H and O–H groups in total. The zero-order valence-electron chi connectivity index (χ0n) is 15.8. The van der Waals surface area contributed by atoms with E-state index in [1.165, 1.54) is 0 Å². The van der Waals surface area contributed by atoms with Crippen LogP contribution in [0.25, 0.3) is 0 Å².